The molecule has 2 bridgehead atoms. The number of alkyl halides is 4. The zero-order chi connectivity index (χ0) is 35.8. The quantitative estimate of drug-likeness (QED) is 0.172. The van der Waals surface area contributed by atoms with Gasteiger partial charge >= 0.3 is 18.6 Å². The molecule has 0 aliphatic carbocycles. The highest BCUT2D eigenvalue weighted by atomic mass is 19.3. The van der Waals surface area contributed by atoms with Gasteiger partial charge in [0.2, 0.25) is 0 Å². The van der Waals surface area contributed by atoms with Crippen LogP contribution in [0.15, 0.2) is 78.9 Å². The highest BCUT2D eigenvalue weighted by Gasteiger charge is 2.45. The molecule has 0 radical (unpaired) electrons. The van der Waals surface area contributed by atoms with E-state index in [-0.39, 0.29) is 29.4 Å². The number of urea groups is 1. The number of piperidine rings is 1. The minimum absolute atomic E-state index is 0.0359. The van der Waals surface area contributed by atoms with Crippen LogP contribution in [0.1, 0.15) is 73.6 Å². The van der Waals surface area contributed by atoms with Gasteiger partial charge in [-0.15, -0.1) is 0 Å². The minimum atomic E-state index is -4.61. The maximum atomic E-state index is 13.4. The SMILES string of the molecule is Cc1ccc(-n2nc(C(C)(C)C)cc2NC(=O)Nc2cccc(CC3CC4CCC(C3)N4C(=O)c3ccc(OC(F)(F)C(F)F)cc3)c2)cc1. The topological polar surface area (TPSA) is 88.5 Å². The minimum Gasteiger partial charge on any atom is -0.428 e. The van der Waals surface area contributed by atoms with Crippen LogP contribution in [0, 0.1) is 12.8 Å². The van der Waals surface area contributed by atoms with Gasteiger partial charge in [0.1, 0.15) is 11.6 Å². The Morgan fingerprint density at radius 2 is 1.58 bits per heavy atom. The molecule has 264 valence electrons. The lowest BCUT2D eigenvalue weighted by Gasteiger charge is -2.39. The molecule has 2 unspecified atom stereocenters. The molecule has 0 saturated carbocycles. The van der Waals surface area contributed by atoms with Gasteiger partial charge in [-0.05, 0) is 99.0 Å². The zero-order valence-corrected chi connectivity index (χ0v) is 28.4. The molecule has 3 heterocycles. The van der Waals surface area contributed by atoms with Gasteiger partial charge in [-0.3, -0.25) is 10.1 Å². The van der Waals surface area contributed by atoms with Crippen LogP contribution in [0.2, 0.25) is 0 Å². The highest BCUT2D eigenvalue weighted by molar-refractivity contribution is 5.99. The van der Waals surface area contributed by atoms with Crippen molar-refractivity contribution in [1.82, 2.24) is 14.7 Å². The summed E-state index contributed by atoms with van der Waals surface area (Å²) in [5.41, 5.74) is 4.62. The predicted octanol–water partition coefficient (Wildman–Crippen LogP) is 8.98. The van der Waals surface area contributed by atoms with Crippen molar-refractivity contribution in [3.05, 3.63) is 101 Å². The van der Waals surface area contributed by atoms with Crippen LogP contribution in [0.5, 0.6) is 5.75 Å². The van der Waals surface area contributed by atoms with E-state index in [1.165, 1.54) is 12.1 Å². The van der Waals surface area contributed by atoms with Crippen LogP contribution >= 0.6 is 0 Å². The van der Waals surface area contributed by atoms with Crippen molar-refractivity contribution in [2.75, 3.05) is 10.6 Å². The van der Waals surface area contributed by atoms with Crippen LogP contribution < -0.4 is 15.4 Å². The maximum absolute atomic E-state index is 13.4. The fourth-order valence-electron chi connectivity index (χ4n) is 6.91. The monoisotopic (exact) mass is 691 g/mol. The van der Waals surface area contributed by atoms with E-state index in [4.69, 9.17) is 5.10 Å². The van der Waals surface area contributed by atoms with E-state index in [1.54, 1.807) is 4.68 Å². The lowest BCUT2D eigenvalue weighted by molar-refractivity contribution is -0.253. The summed E-state index contributed by atoms with van der Waals surface area (Å²) < 4.78 is 57.4. The number of benzene rings is 3. The molecule has 3 aromatic carbocycles. The largest absolute Gasteiger partial charge is 0.461 e. The third-order valence-electron chi connectivity index (χ3n) is 9.38. The van der Waals surface area contributed by atoms with Crippen LogP contribution in [0.3, 0.4) is 0 Å². The number of halogens is 4. The maximum Gasteiger partial charge on any atom is 0.461 e. The number of carbonyl (C=O) groups excluding carboxylic acids is 2. The molecule has 0 spiro atoms. The summed E-state index contributed by atoms with van der Waals surface area (Å²) in [6.45, 7) is 8.23. The number of nitrogens with one attached hydrogen (secondary N) is 2. The number of fused-ring (bicyclic) bond motifs is 2. The van der Waals surface area contributed by atoms with Gasteiger partial charge in [-0.25, -0.2) is 9.48 Å². The zero-order valence-electron chi connectivity index (χ0n) is 28.4. The van der Waals surface area contributed by atoms with Crippen molar-refractivity contribution < 1.29 is 31.9 Å². The molecule has 2 aliphatic heterocycles. The summed E-state index contributed by atoms with van der Waals surface area (Å²) >= 11 is 0. The molecule has 4 aromatic rings. The normalized spacial score (nSPS) is 19.1. The van der Waals surface area contributed by atoms with Crippen molar-refractivity contribution in [2.45, 2.75) is 89.8 Å². The van der Waals surface area contributed by atoms with Crippen molar-refractivity contribution in [3.8, 4) is 11.4 Å². The average Bonchev–Trinajstić information content (AvgIpc) is 3.59. The number of anilines is 2. The van der Waals surface area contributed by atoms with Gasteiger partial charge < -0.3 is 15.0 Å². The smallest absolute Gasteiger partial charge is 0.428 e. The number of hydrogen-bond acceptors (Lipinski definition) is 4. The molecule has 12 heteroatoms. The Morgan fingerprint density at radius 1 is 0.920 bits per heavy atom. The fourth-order valence-corrected chi connectivity index (χ4v) is 6.91. The van der Waals surface area contributed by atoms with Gasteiger partial charge in [0.25, 0.3) is 5.91 Å². The number of nitrogens with zero attached hydrogens (tertiary/aromatic N) is 3. The second-order valence-electron chi connectivity index (χ2n) is 14.3. The number of amides is 3. The predicted molar refractivity (Wildman–Crippen MR) is 184 cm³/mol. The third-order valence-corrected chi connectivity index (χ3v) is 9.38. The third kappa shape index (κ3) is 7.79. The first-order valence-corrected chi connectivity index (χ1v) is 16.8. The Labute approximate surface area is 288 Å². The first kappa shape index (κ1) is 35.0. The van der Waals surface area contributed by atoms with Gasteiger partial charge in [0.15, 0.2) is 0 Å². The van der Waals surface area contributed by atoms with Crippen LogP contribution in [-0.4, -0.2) is 51.2 Å². The first-order valence-electron chi connectivity index (χ1n) is 16.8. The molecular weight excluding hydrogens is 650 g/mol. The second-order valence-corrected chi connectivity index (χ2v) is 14.3. The van der Waals surface area contributed by atoms with Gasteiger partial charge in [-0.1, -0.05) is 50.6 Å². The Kier molecular flexibility index (Phi) is 9.65. The summed E-state index contributed by atoms with van der Waals surface area (Å²) in [4.78, 5) is 28.5. The molecule has 6 rings (SSSR count). The molecular formula is C38H41F4N5O3. The van der Waals surface area contributed by atoms with Crippen molar-refractivity contribution in [3.63, 3.8) is 0 Å². The summed E-state index contributed by atoms with van der Waals surface area (Å²) in [6, 6.07) is 22.2. The number of aromatic nitrogens is 2. The number of rotatable bonds is 9. The van der Waals surface area contributed by atoms with E-state index < -0.39 is 18.3 Å². The summed E-state index contributed by atoms with van der Waals surface area (Å²) in [5.74, 6) is 0.236. The van der Waals surface area contributed by atoms with Crippen molar-refractivity contribution in [2.24, 2.45) is 5.92 Å². The number of aryl methyl sites for hydroxylation is 1. The van der Waals surface area contributed by atoms with E-state index in [0.717, 1.165) is 66.7 Å². The van der Waals surface area contributed by atoms with Gasteiger partial charge in [-0.2, -0.15) is 22.7 Å². The lowest BCUT2D eigenvalue weighted by atomic mass is 9.85. The molecule has 3 amide bonds. The molecule has 8 nitrogen and oxygen atoms in total. The molecule has 1 aromatic heterocycles. The van der Waals surface area contributed by atoms with E-state index in [1.807, 2.05) is 66.4 Å². The molecule has 2 saturated heterocycles. The fraction of sp³-hybridized carbons (Fsp3) is 0.395. The summed E-state index contributed by atoms with van der Waals surface area (Å²) in [7, 11) is 0. The van der Waals surface area contributed by atoms with E-state index in [0.29, 0.717) is 23.0 Å². The lowest BCUT2D eigenvalue weighted by Crippen LogP contribution is -2.46. The Balaban J connectivity index is 1.07. The molecule has 50 heavy (non-hydrogen) atoms. The van der Waals surface area contributed by atoms with Gasteiger partial charge in [0.05, 0.1) is 11.4 Å². The number of hydrogen-bond donors (Lipinski definition) is 2. The second kappa shape index (κ2) is 13.8. The van der Waals surface area contributed by atoms with Crippen molar-refractivity contribution >= 4 is 23.4 Å². The van der Waals surface area contributed by atoms with E-state index in [2.05, 4.69) is 36.1 Å². The van der Waals surface area contributed by atoms with Crippen LogP contribution in [0.4, 0.5) is 33.9 Å². The first-order chi connectivity index (χ1) is 23.7. The molecule has 2 atom stereocenters. The number of carbonyl (C=O) groups is 2. The number of ether oxygens (including phenoxy) is 1. The average molecular weight is 692 g/mol. The van der Waals surface area contributed by atoms with Crippen LogP contribution in [-0.2, 0) is 11.8 Å². The van der Waals surface area contributed by atoms with Gasteiger partial charge in [0, 0.05) is 34.8 Å². The van der Waals surface area contributed by atoms with Crippen LogP contribution in [0.25, 0.3) is 5.69 Å². The molecule has 2 aliphatic rings. The van der Waals surface area contributed by atoms with Crippen molar-refractivity contribution in [1.29, 1.82) is 0 Å². The van der Waals surface area contributed by atoms with E-state index >= 15 is 0 Å². The Hall–Kier alpha value is -4.87. The summed E-state index contributed by atoms with van der Waals surface area (Å²) in [6.07, 6.45) is -4.45. The molecule has 2 N–H and O–H groups in total. The Bertz CT molecular complexity index is 1820. The molecule has 2 fully saturated rings. The summed E-state index contributed by atoms with van der Waals surface area (Å²) in [5, 5.41) is 10.7. The van der Waals surface area contributed by atoms with E-state index in [9.17, 15) is 27.2 Å². The standard InChI is InChI=1S/C38H41F4N5O3/c1-23-8-12-28(13-9-23)47-33(22-32(45-47)37(2,3)4)44-36(49)43-27-7-5-6-24(19-27)18-25-20-29-14-15-30(21-25)46(29)34(48)26-10-16-31(17-11-26)50-38(41,42)35(39)40/h5-13,16-17,19,22,25,29-30,35H,14-15,18,20-21H2,1-4H3,(H2,43,44,49). The Morgan fingerprint density at radius 3 is 2.20 bits per heavy atom. The highest BCUT2D eigenvalue weighted by Crippen LogP contribution is 2.41.